The first kappa shape index (κ1) is 12.4. The highest BCUT2D eigenvalue weighted by molar-refractivity contribution is 5.79. The van der Waals surface area contributed by atoms with Crippen LogP contribution in [0.25, 0.3) is 0 Å². The highest BCUT2D eigenvalue weighted by Gasteiger charge is 2.06. The van der Waals surface area contributed by atoms with Crippen LogP contribution in [0.3, 0.4) is 0 Å². The van der Waals surface area contributed by atoms with Crippen LogP contribution in [-0.2, 0) is 9.59 Å². The summed E-state index contributed by atoms with van der Waals surface area (Å²) in [6.07, 6.45) is 10.3. The van der Waals surface area contributed by atoms with Gasteiger partial charge in [-0.05, 0) is 25.7 Å². The van der Waals surface area contributed by atoms with Gasteiger partial charge in [0.2, 0.25) is 0 Å². The quantitative estimate of drug-likeness (QED) is 0.614. The van der Waals surface area contributed by atoms with Crippen molar-refractivity contribution in [2.24, 2.45) is 0 Å². The van der Waals surface area contributed by atoms with Crippen LogP contribution in [-0.4, -0.2) is 11.6 Å². The largest absolute Gasteiger partial charge is 0.300 e. The third kappa shape index (κ3) is 6.43. The SMILES string of the molecule is O=C1CCCCCCCC(=O)CCCC1. The van der Waals surface area contributed by atoms with Crippen LogP contribution < -0.4 is 0 Å². The van der Waals surface area contributed by atoms with Crippen molar-refractivity contribution in [1.82, 2.24) is 0 Å². The fraction of sp³-hybridized carbons (Fsp3) is 0.846. The topological polar surface area (TPSA) is 34.1 Å². The van der Waals surface area contributed by atoms with Crippen LogP contribution in [0.15, 0.2) is 0 Å². The van der Waals surface area contributed by atoms with E-state index in [1.54, 1.807) is 0 Å². The average Bonchev–Trinajstić information content (AvgIpc) is 2.23. The minimum Gasteiger partial charge on any atom is -0.300 e. The molecule has 0 saturated heterocycles. The zero-order valence-corrected chi connectivity index (χ0v) is 9.59. The van der Waals surface area contributed by atoms with Crippen molar-refractivity contribution >= 4 is 11.6 Å². The summed E-state index contributed by atoms with van der Waals surface area (Å²) in [6.45, 7) is 0. The van der Waals surface area contributed by atoms with Crippen molar-refractivity contribution < 1.29 is 9.59 Å². The zero-order chi connectivity index (χ0) is 10.9. The van der Waals surface area contributed by atoms with Crippen LogP contribution in [0.5, 0.6) is 0 Å². The number of carbonyl (C=O) groups is 2. The molecule has 0 aromatic carbocycles. The van der Waals surface area contributed by atoms with Gasteiger partial charge in [-0.2, -0.15) is 0 Å². The molecule has 1 aliphatic rings. The molecule has 0 heterocycles. The molecule has 15 heavy (non-hydrogen) atoms. The first-order chi connectivity index (χ1) is 7.29. The summed E-state index contributed by atoms with van der Waals surface area (Å²) in [7, 11) is 0. The second kappa shape index (κ2) is 7.61. The standard InChI is InChI=1S/C13H22O2/c14-12-8-4-2-1-3-5-9-13(15)11-7-6-10-12/h1-11H2. The van der Waals surface area contributed by atoms with Gasteiger partial charge in [0.1, 0.15) is 11.6 Å². The van der Waals surface area contributed by atoms with Crippen molar-refractivity contribution in [3.8, 4) is 0 Å². The van der Waals surface area contributed by atoms with E-state index in [1.165, 1.54) is 6.42 Å². The number of rotatable bonds is 0. The van der Waals surface area contributed by atoms with E-state index < -0.39 is 0 Å². The molecule has 0 atom stereocenters. The lowest BCUT2D eigenvalue weighted by Gasteiger charge is -1.99. The lowest BCUT2D eigenvalue weighted by Crippen LogP contribution is -1.99. The van der Waals surface area contributed by atoms with Crippen LogP contribution in [0.2, 0.25) is 0 Å². The molecule has 0 aromatic rings. The predicted octanol–water partition coefficient (Wildman–Crippen LogP) is 3.43. The summed E-state index contributed by atoms with van der Waals surface area (Å²) in [5.41, 5.74) is 0. The molecule has 0 aliphatic heterocycles. The molecular weight excluding hydrogens is 188 g/mol. The summed E-state index contributed by atoms with van der Waals surface area (Å²) >= 11 is 0. The Hall–Kier alpha value is -0.660. The third-order valence-electron chi connectivity index (χ3n) is 3.07. The summed E-state index contributed by atoms with van der Waals surface area (Å²) in [4.78, 5) is 22.8. The summed E-state index contributed by atoms with van der Waals surface area (Å²) < 4.78 is 0. The molecule has 0 unspecified atom stereocenters. The Bertz CT molecular complexity index is 187. The van der Waals surface area contributed by atoms with E-state index in [0.29, 0.717) is 24.4 Å². The highest BCUT2D eigenvalue weighted by atomic mass is 16.1. The molecule has 0 aromatic heterocycles. The predicted molar refractivity (Wildman–Crippen MR) is 60.8 cm³/mol. The Morgan fingerprint density at radius 2 is 0.733 bits per heavy atom. The Morgan fingerprint density at radius 1 is 0.467 bits per heavy atom. The number of carbonyl (C=O) groups excluding carboxylic acids is 2. The van der Waals surface area contributed by atoms with E-state index in [-0.39, 0.29) is 0 Å². The van der Waals surface area contributed by atoms with Crippen molar-refractivity contribution in [3.05, 3.63) is 0 Å². The number of ketones is 2. The normalized spacial score (nSPS) is 22.7. The van der Waals surface area contributed by atoms with Gasteiger partial charge in [-0.3, -0.25) is 9.59 Å². The second-order valence-corrected chi connectivity index (χ2v) is 4.55. The molecule has 1 saturated carbocycles. The lowest BCUT2D eigenvalue weighted by molar-refractivity contribution is -0.121. The fourth-order valence-corrected chi connectivity index (χ4v) is 2.07. The van der Waals surface area contributed by atoms with Crippen LogP contribution in [0.4, 0.5) is 0 Å². The van der Waals surface area contributed by atoms with Gasteiger partial charge in [-0.15, -0.1) is 0 Å². The van der Waals surface area contributed by atoms with Crippen molar-refractivity contribution in [2.75, 3.05) is 0 Å². The molecule has 0 spiro atoms. The molecular formula is C13H22O2. The minimum atomic E-state index is 0.390. The summed E-state index contributed by atoms with van der Waals surface area (Å²) in [5, 5.41) is 0. The Morgan fingerprint density at radius 3 is 1.13 bits per heavy atom. The van der Waals surface area contributed by atoms with Gasteiger partial charge in [0.05, 0.1) is 0 Å². The van der Waals surface area contributed by atoms with Crippen molar-refractivity contribution in [3.63, 3.8) is 0 Å². The minimum absolute atomic E-state index is 0.390. The van der Waals surface area contributed by atoms with Gasteiger partial charge >= 0.3 is 0 Å². The van der Waals surface area contributed by atoms with Gasteiger partial charge in [-0.1, -0.05) is 19.3 Å². The summed E-state index contributed by atoms with van der Waals surface area (Å²) in [6, 6.07) is 0. The van der Waals surface area contributed by atoms with E-state index in [2.05, 4.69) is 0 Å². The smallest absolute Gasteiger partial charge is 0.132 e. The van der Waals surface area contributed by atoms with Crippen LogP contribution >= 0.6 is 0 Å². The third-order valence-corrected chi connectivity index (χ3v) is 3.07. The zero-order valence-electron chi connectivity index (χ0n) is 9.59. The molecule has 0 amide bonds. The molecule has 2 nitrogen and oxygen atoms in total. The van der Waals surface area contributed by atoms with Crippen LogP contribution in [0.1, 0.15) is 70.6 Å². The average molecular weight is 210 g/mol. The molecule has 1 aliphatic carbocycles. The fourth-order valence-electron chi connectivity index (χ4n) is 2.07. The van der Waals surface area contributed by atoms with Gasteiger partial charge < -0.3 is 0 Å². The Labute approximate surface area is 92.4 Å². The van der Waals surface area contributed by atoms with Gasteiger partial charge in [-0.25, -0.2) is 0 Å². The number of hydrogen-bond acceptors (Lipinski definition) is 2. The first-order valence-electron chi connectivity index (χ1n) is 6.32. The van der Waals surface area contributed by atoms with Crippen molar-refractivity contribution in [2.45, 2.75) is 70.6 Å². The molecule has 2 heteroatoms. The molecule has 0 radical (unpaired) electrons. The molecule has 0 N–H and O–H groups in total. The molecule has 86 valence electrons. The number of hydrogen-bond donors (Lipinski definition) is 0. The maximum atomic E-state index is 11.4. The molecule has 1 rings (SSSR count). The Balaban J connectivity index is 2.27. The van der Waals surface area contributed by atoms with Crippen LogP contribution in [0, 0.1) is 0 Å². The maximum Gasteiger partial charge on any atom is 0.132 e. The molecule has 1 fully saturated rings. The molecule has 0 bridgehead atoms. The number of Topliss-reactive ketones (excluding diaryl/α,β-unsaturated/α-hetero) is 2. The van der Waals surface area contributed by atoms with E-state index in [0.717, 1.165) is 51.4 Å². The van der Waals surface area contributed by atoms with E-state index in [9.17, 15) is 9.59 Å². The highest BCUT2D eigenvalue weighted by Crippen LogP contribution is 2.13. The van der Waals surface area contributed by atoms with Gasteiger partial charge in [0.25, 0.3) is 0 Å². The summed E-state index contributed by atoms with van der Waals surface area (Å²) in [5.74, 6) is 0.781. The second-order valence-electron chi connectivity index (χ2n) is 4.55. The van der Waals surface area contributed by atoms with E-state index in [1.807, 2.05) is 0 Å². The van der Waals surface area contributed by atoms with Gasteiger partial charge in [0.15, 0.2) is 0 Å². The van der Waals surface area contributed by atoms with Crippen molar-refractivity contribution in [1.29, 1.82) is 0 Å². The van der Waals surface area contributed by atoms with Gasteiger partial charge in [0, 0.05) is 25.7 Å². The lowest BCUT2D eigenvalue weighted by atomic mass is 10.1. The first-order valence-corrected chi connectivity index (χ1v) is 6.32. The monoisotopic (exact) mass is 210 g/mol. The Kier molecular flexibility index (Phi) is 6.29. The maximum absolute atomic E-state index is 11.4. The van der Waals surface area contributed by atoms with E-state index in [4.69, 9.17) is 0 Å². The van der Waals surface area contributed by atoms with E-state index >= 15 is 0 Å².